The molecule has 0 radical (unpaired) electrons. The van der Waals surface area contributed by atoms with E-state index >= 15 is 0 Å². The first kappa shape index (κ1) is 12.0. The van der Waals surface area contributed by atoms with Gasteiger partial charge in [-0.15, -0.1) is 0 Å². The molecule has 0 heterocycles. The molecule has 0 saturated carbocycles. The van der Waals surface area contributed by atoms with Crippen LogP contribution in [-0.2, 0) is 9.47 Å². The van der Waals surface area contributed by atoms with E-state index in [1.165, 1.54) is 6.07 Å². The Morgan fingerprint density at radius 3 is 1.84 bits per heavy atom. The Balaban J connectivity index is 0.000000434. The van der Waals surface area contributed by atoms with Crippen molar-refractivity contribution in [2.45, 2.75) is 0 Å². The van der Waals surface area contributed by atoms with Crippen LogP contribution in [0.1, 0.15) is 37.2 Å². The Morgan fingerprint density at radius 1 is 0.806 bits per heavy atom. The summed E-state index contributed by atoms with van der Waals surface area (Å²) in [5.74, 6) is -3.95. The molecule has 0 saturated heterocycles. The summed E-state index contributed by atoms with van der Waals surface area (Å²) in [7, 11) is -9.51. The van der Waals surface area contributed by atoms with Gasteiger partial charge in [-0.3, -0.25) is 10.1 Å². The van der Waals surface area contributed by atoms with Gasteiger partial charge in [-0.1, -0.05) is 0 Å². The predicted octanol–water partition coefficient (Wildman–Crippen LogP) is 2.89. The van der Waals surface area contributed by atoms with Gasteiger partial charge in [0.1, 0.15) is 5.56 Å². The minimum absolute atomic E-state index is 0.00430. The number of esters is 2. The SMILES string of the molecule is [2H]C([2H])([2H])Oc1cc(C(=O)OC)c([N+](=O)[O-])cc1OC([2H])([2H])[2H].[2H]C([2H])([2H])Oc1ccc(C(=O)OC)cc1OC([2H])([2H])[2H]. The molecule has 0 spiro atoms. The third kappa shape index (κ3) is 6.23. The van der Waals surface area contributed by atoms with Crippen LogP contribution in [0.2, 0.25) is 0 Å². The maximum absolute atomic E-state index is 11.6. The average Bonchev–Trinajstić information content (AvgIpc) is 2.81. The van der Waals surface area contributed by atoms with Crippen molar-refractivity contribution in [3.63, 3.8) is 0 Å². The van der Waals surface area contributed by atoms with Crippen LogP contribution in [0, 0.1) is 10.1 Å². The summed E-state index contributed by atoms with van der Waals surface area (Å²) < 4.78 is 111. The van der Waals surface area contributed by atoms with E-state index in [0.717, 1.165) is 26.4 Å². The number of hydrogen-bond donors (Lipinski definition) is 0. The average molecular weight is 449 g/mol. The fraction of sp³-hybridized carbons (Fsp3) is 0.300. The second kappa shape index (κ2) is 11.9. The fourth-order valence-corrected chi connectivity index (χ4v) is 2.05. The Kier molecular flexibility index (Phi) is 4.58. The first-order valence-electron chi connectivity index (χ1n) is 13.7. The van der Waals surface area contributed by atoms with Gasteiger partial charge >= 0.3 is 11.9 Å². The number of nitro groups is 1. The van der Waals surface area contributed by atoms with Gasteiger partial charge in [0.05, 0.1) is 75.4 Å². The first-order chi connectivity index (χ1) is 19.4. The molecule has 11 heteroatoms. The molecule has 2 rings (SSSR count). The van der Waals surface area contributed by atoms with Crippen LogP contribution >= 0.6 is 0 Å². The van der Waals surface area contributed by atoms with E-state index in [4.69, 9.17) is 16.4 Å². The van der Waals surface area contributed by atoms with Gasteiger partial charge in [0.2, 0.25) is 0 Å². The lowest BCUT2D eigenvalue weighted by molar-refractivity contribution is -0.385. The van der Waals surface area contributed by atoms with E-state index in [-0.39, 0.29) is 17.1 Å². The molecule has 168 valence electrons. The monoisotopic (exact) mass is 449 g/mol. The minimum atomic E-state index is -3.02. The molecule has 0 N–H and O–H groups in total. The standard InChI is InChI=1S/C10H11NO6.C10H12O4/c1-15-8-4-6(10(12)17-3)7(11(13)14)5-9(8)16-2;1-12-8-5-4-7(10(11)14-3)6-9(8)13-2/h4-5H,1-3H3;4-6H,1-3H3/i2*1D3,2D3. The third-order valence-electron chi connectivity index (χ3n) is 3.47. The van der Waals surface area contributed by atoms with Crippen LogP contribution in [-0.4, -0.2) is 59.2 Å². The molecule has 0 fully saturated rings. The lowest BCUT2D eigenvalue weighted by Crippen LogP contribution is -2.07. The molecule has 0 aliphatic carbocycles. The van der Waals surface area contributed by atoms with Crippen molar-refractivity contribution >= 4 is 17.6 Å². The normalized spacial score (nSPS) is 16.8. The van der Waals surface area contributed by atoms with Gasteiger partial charge in [-0.25, -0.2) is 9.59 Å². The molecule has 0 amide bonds. The minimum Gasteiger partial charge on any atom is -0.493 e. The van der Waals surface area contributed by atoms with Gasteiger partial charge in [0.25, 0.3) is 5.69 Å². The Hall–Kier alpha value is -4.02. The zero-order chi connectivity index (χ0) is 33.6. The van der Waals surface area contributed by atoms with Gasteiger partial charge in [-0.05, 0) is 18.2 Å². The fourth-order valence-electron chi connectivity index (χ4n) is 2.05. The van der Waals surface area contributed by atoms with E-state index in [2.05, 4.69) is 28.4 Å². The van der Waals surface area contributed by atoms with Crippen LogP contribution in [0.5, 0.6) is 23.0 Å². The maximum Gasteiger partial charge on any atom is 0.345 e. The molecule has 0 bridgehead atoms. The summed E-state index contributed by atoms with van der Waals surface area (Å²) in [6.07, 6.45) is 0. The molecule has 0 atom stereocenters. The van der Waals surface area contributed by atoms with Gasteiger partial charge < -0.3 is 28.4 Å². The number of carbonyl (C=O) groups is 2. The van der Waals surface area contributed by atoms with Crippen molar-refractivity contribution in [3.8, 4) is 23.0 Å². The van der Waals surface area contributed by atoms with E-state index in [1.54, 1.807) is 0 Å². The largest absolute Gasteiger partial charge is 0.493 e. The maximum atomic E-state index is 11.6. The molecular formula is C20H23NO10. The highest BCUT2D eigenvalue weighted by Crippen LogP contribution is 2.34. The highest BCUT2D eigenvalue weighted by Gasteiger charge is 2.24. The Bertz CT molecular complexity index is 1320. The molecule has 2 aromatic carbocycles. The Labute approximate surface area is 195 Å². The van der Waals surface area contributed by atoms with Gasteiger partial charge in [0.15, 0.2) is 23.0 Å². The number of nitro benzene ring substituents is 1. The number of rotatable bonds is 7. The Morgan fingerprint density at radius 2 is 1.32 bits per heavy atom. The number of carbonyl (C=O) groups excluding carboxylic acids is 2. The van der Waals surface area contributed by atoms with E-state index < -0.39 is 67.8 Å². The zero-order valence-corrected chi connectivity index (χ0v) is 15.9. The van der Waals surface area contributed by atoms with Crippen molar-refractivity contribution in [1.82, 2.24) is 0 Å². The van der Waals surface area contributed by atoms with Crippen molar-refractivity contribution < 1.29 is 59.4 Å². The second-order valence-electron chi connectivity index (χ2n) is 5.13. The number of benzene rings is 2. The summed E-state index contributed by atoms with van der Waals surface area (Å²) in [6.45, 7) is 0. The van der Waals surface area contributed by atoms with Crippen LogP contribution < -0.4 is 18.9 Å². The summed E-state index contributed by atoms with van der Waals surface area (Å²) in [5, 5.41) is 11.0. The van der Waals surface area contributed by atoms with Crippen LogP contribution in [0.3, 0.4) is 0 Å². The molecular weight excluding hydrogens is 414 g/mol. The second-order valence-corrected chi connectivity index (χ2v) is 5.13. The van der Waals surface area contributed by atoms with Crippen molar-refractivity contribution in [2.24, 2.45) is 0 Å². The van der Waals surface area contributed by atoms with E-state index in [0.29, 0.717) is 12.1 Å². The molecule has 0 aromatic heterocycles. The van der Waals surface area contributed by atoms with Crippen LogP contribution in [0.4, 0.5) is 5.69 Å². The molecule has 31 heavy (non-hydrogen) atoms. The highest BCUT2D eigenvalue weighted by molar-refractivity contribution is 5.95. The van der Waals surface area contributed by atoms with E-state index in [1.807, 2.05) is 0 Å². The molecule has 0 aliphatic rings. The van der Waals surface area contributed by atoms with Crippen molar-refractivity contribution in [2.75, 3.05) is 42.4 Å². The predicted molar refractivity (Wildman–Crippen MR) is 108 cm³/mol. The number of methoxy groups -OCH3 is 6. The lowest BCUT2D eigenvalue weighted by atomic mass is 10.1. The van der Waals surface area contributed by atoms with Gasteiger partial charge in [0, 0.05) is 6.07 Å². The summed E-state index contributed by atoms with van der Waals surface area (Å²) in [6, 6.07) is 4.66. The molecule has 2 aromatic rings. The van der Waals surface area contributed by atoms with Gasteiger partial charge in [-0.2, -0.15) is 0 Å². The lowest BCUT2D eigenvalue weighted by Gasteiger charge is -2.09. The first-order valence-corrected chi connectivity index (χ1v) is 7.75. The van der Waals surface area contributed by atoms with Crippen molar-refractivity contribution in [1.29, 1.82) is 0 Å². The topological polar surface area (TPSA) is 133 Å². The molecule has 0 aliphatic heterocycles. The quantitative estimate of drug-likeness (QED) is 0.353. The summed E-state index contributed by atoms with van der Waals surface area (Å²) in [5.41, 5.74) is -1.44. The smallest absolute Gasteiger partial charge is 0.345 e. The molecule has 11 nitrogen and oxygen atoms in total. The highest BCUT2D eigenvalue weighted by atomic mass is 16.6. The summed E-state index contributed by atoms with van der Waals surface area (Å²) >= 11 is 0. The zero-order valence-electron chi connectivity index (χ0n) is 27.9. The third-order valence-corrected chi connectivity index (χ3v) is 3.47. The summed E-state index contributed by atoms with van der Waals surface area (Å²) in [4.78, 5) is 33.0. The number of hydrogen-bond acceptors (Lipinski definition) is 10. The molecule has 0 unspecified atom stereocenters. The van der Waals surface area contributed by atoms with Crippen molar-refractivity contribution in [3.05, 3.63) is 51.6 Å². The number of nitrogens with zero attached hydrogens (tertiary/aromatic N) is 1. The van der Waals surface area contributed by atoms with Crippen LogP contribution in [0.15, 0.2) is 30.3 Å². The van der Waals surface area contributed by atoms with Crippen LogP contribution in [0.25, 0.3) is 0 Å². The van der Waals surface area contributed by atoms with E-state index in [9.17, 15) is 19.7 Å². The number of ether oxygens (including phenoxy) is 6.